The number of hydrogen-bond donors (Lipinski definition) is 3. The molecule has 0 aromatic heterocycles. The molecule has 0 heterocycles. The average Bonchev–Trinajstić information content (AvgIpc) is 2.34. The van der Waals surface area contributed by atoms with E-state index >= 15 is 0 Å². The zero-order chi connectivity index (χ0) is 15.6. The summed E-state index contributed by atoms with van der Waals surface area (Å²) in [5, 5.41) is 11.1. The molecule has 5 nitrogen and oxygen atoms in total. The Bertz CT molecular complexity index is 377. The summed E-state index contributed by atoms with van der Waals surface area (Å²) in [6, 6.07) is -1.33. The molecule has 0 bridgehead atoms. The van der Waals surface area contributed by atoms with Crippen molar-refractivity contribution in [1.82, 2.24) is 5.32 Å². The first-order valence-corrected chi connectivity index (χ1v) is 6.46. The van der Waals surface area contributed by atoms with Gasteiger partial charge in [0.25, 0.3) is 0 Å². The number of halogens is 3. The van der Waals surface area contributed by atoms with Crippen LogP contribution in [0, 0.1) is 5.92 Å². The molecule has 0 aromatic rings. The first-order chi connectivity index (χ1) is 9.07. The van der Waals surface area contributed by atoms with Gasteiger partial charge in [-0.3, -0.25) is 4.79 Å². The van der Waals surface area contributed by atoms with Gasteiger partial charge < -0.3 is 16.2 Å². The Morgan fingerprint density at radius 3 is 2.15 bits per heavy atom. The molecule has 1 fully saturated rings. The number of amides is 1. The molecule has 1 aliphatic carbocycles. The Labute approximate surface area is 114 Å². The van der Waals surface area contributed by atoms with Gasteiger partial charge in [-0.1, -0.05) is 19.3 Å². The smallest absolute Gasteiger partial charge is 0.415 e. The number of alkyl halides is 3. The topological polar surface area (TPSA) is 92.4 Å². The van der Waals surface area contributed by atoms with Gasteiger partial charge in [0.15, 0.2) is 5.54 Å². The maximum atomic E-state index is 12.6. The summed E-state index contributed by atoms with van der Waals surface area (Å²) in [5.41, 5.74) is 1.88. The minimum Gasteiger partial charge on any atom is -0.480 e. The van der Waals surface area contributed by atoms with Crippen molar-refractivity contribution >= 4 is 11.9 Å². The minimum atomic E-state index is -4.94. The van der Waals surface area contributed by atoms with Crippen LogP contribution in [0.2, 0.25) is 0 Å². The van der Waals surface area contributed by atoms with Crippen molar-refractivity contribution in [2.75, 3.05) is 0 Å². The van der Waals surface area contributed by atoms with Crippen molar-refractivity contribution in [3.63, 3.8) is 0 Å². The van der Waals surface area contributed by atoms with Gasteiger partial charge in [0.2, 0.25) is 5.91 Å². The van der Waals surface area contributed by atoms with Crippen LogP contribution in [0.5, 0.6) is 0 Å². The fourth-order valence-corrected chi connectivity index (χ4v) is 2.27. The van der Waals surface area contributed by atoms with Crippen LogP contribution in [0.25, 0.3) is 0 Å². The van der Waals surface area contributed by atoms with E-state index in [-0.39, 0.29) is 5.92 Å². The van der Waals surface area contributed by atoms with Crippen LogP contribution in [0.3, 0.4) is 0 Å². The number of carboxylic acids is 1. The van der Waals surface area contributed by atoms with Crippen molar-refractivity contribution in [3.05, 3.63) is 0 Å². The van der Waals surface area contributed by atoms with Crippen molar-refractivity contribution in [2.45, 2.75) is 56.8 Å². The molecule has 0 aliphatic heterocycles. The summed E-state index contributed by atoms with van der Waals surface area (Å²) >= 11 is 0. The van der Waals surface area contributed by atoms with E-state index in [0.29, 0.717) is 19.8 Å². The molecule has 1 rings (SSSR count). The lowest BCUT2D eigenvalue weighted by atomic mass is 9.83. The summed E-state index contributed by atoms with van der Waals surface area (Å²) in [5.74, 6) is -3.19. The molecule has 2 atom stereocenters. The van der Waals surface area contributed by atoms with E-state index < -0.39 is 29.6 Å². The number of nitrogens with one attached hydrogen (secondary N) is 1. The largest absolute Gasteiger partial charge is 0.480 e. The summed E-state index contributed by atoms with van der Waals surface area (Å²) in [4.78, 5) is 22.8. The molecule has 0 radical (unpaired) electrons. The predicted octanol–water partition coefficient (Wildman–Crippen LogP) is 1.42. The van der Waals surface area contributed by atoms with Crippen molar-refractivity contribution in [1.29, 1.82) is 0 Å². The molecular formula is C12H19F3N2O3. The second-order valence-electron chi connectivity index (χ2n) is 5.39. The molecule has 0 aromatic carbocycles. The van der Waals surface area contributed by atoms with E-state index in [9.17, 15) is 22.8 Å². The molecule has 8 heteroatoms. The van der Waals surface area contributed by atoms with Crippen molar-refractivity contribution in [3.8, 4) is 0 Å². The molecular weight excluding hydrogens is 277 g/mol. The van der Waals surface area contributed by atoms with E-state index in [4.69, 9.17) is 10.8 Å². The third-order valence-corrected chi connectivity index (χ3v) is 3.73. The number of aliphatic carboxylic acids is 1. The maximum Gasteiger partial charge on any atom is 0.415 e. The number of carbonyl (C=O) groups excluding carboxylic acids is 1. The highest BCUT2D eigenvalue weighted by atomic mass is 19.4. The van der Waals surface area contributed by atoms with E-state index in [1.54, 1.807) is 0 Å². The van der Waals surface area contributed by atoms with Gasteiger partial charge in [0.05, 0.1) is 0 Å². The van der Waals surface area contributed by atoms with Gasteiger partial charge in [-0.2, -0.15) is 13.2 Å². The van der Waals surface area contributed by atoms with Crippen LogP contribution in [0.4, 0.5) is 13.2 Å². The van der Waals surface area contributed by atoms with Crippen LogP contribution in [0.15, 0.2) is 0 Å². The number of carboxylic acid groups (broad SMARTS) is 1. The number of hydrogen-bond acceptors (Lipinski definition) is 3. The van der Waals surface area contributed by atoms with E-state index in [0.717, 1.165) is 19.3 Å². The summed E-state index contributed by atoms with van der Waals surface area (Å²) in [6.45, 7) is 0.530. The lowest BCUT2D eigenvalue weighted by Crippen LogP contribution is -2.64. The fraction of sp³-hybridized carbons (Fsp3) is 0.833. The zero-order valence-corrected chi connectivity index (χ0v) is 11.2. The van der Waals surface area contributed by atoms with Crippen LogP contribution in [-0.2, 0) is 9.59 Å². The Morgan fingerprint density at radius 2 is 1.75 bits per heavy atom. The number of nitrogens with two attached hydrogens (primary N) is 1. The van der Waals surface area contributed by atoms with Crippen molar-refractivity contribution < 1.29 is 27.9 Å². The molecule has 1 amide bonds. The van der Waals surface area contributed by atoms with Gasteiger partial charge in [-0.15, -0.1) is 0 Å². The second-order valence-corrected chi connectivity index (χ2v) is 5.39. The minimum absolute atomic E-state index is 0.353. The van der Waals surface area contributed by atoms with E-state index in [1.807, 2.05) is 5.32 Å². The monoisotopic (exact) mass is 296 g/mol. The summed E-state index contributed by atoms with van der Waals surface area (Å²) in [6.07, 6.45) is -1.21. The first kappa shape index (κ1) is 16.7. The van der Waals surface area contributed by atoms with Gasteiger partial charge in [-0.25, -0.2) is 4.79 Å². The van der Waals surface area contributed by atoms with E-state index in [1.165, 1.54) is 0 Å². The molecule has 20 heavy (non-hydrogen) atoms. The normalized spacial score (nSPS) is 21.9. The third-order valence-electron chi connectivity index (χ3n) is 3.73. The summed E-state index contributed by atoms with van der Waals surface area (Å²) < 4.78 is 37.9. The Hall–Kier alpha value is -1.31. The molecule has 4 N–H and O–H groups in total. The van der Waals surface area contributed by atoms with Crippen LogP contribution in [0.1, 0.15) is 39.0 Å². The first-order valence-electron chi connectivity index (χ1n) is 6.46. The van der Waals surface area contributed by atoms with Gasteiger partial charge in [0, 0.05) is 0 Å². The standard InChI is InChI=1S/C12H19F3N2O3/c1-11(16,12(13,14)15)10(20)17-8(9(18)19)7-5-3-2-4-6-7/h7-8H,2-6,16H2,1H3,(H,17,20)(H,18,19). The average molecular weight is 296 g/mol. The quantitative estimate of drug-likeness (QED) is 0.731. The van der Waals surface area contributed by atoms with Crippen LogP contribution >= 0.6 is 0 Å². The number of rotatable bonds is 4. The lowest BCUT2D eigenvalue weighted by molar-refractivity contribution is -0.188. The van der Waals surface area contributed by atoms with Gasteiger partial charge in [0.1, 0.15) is 6.04 Å². The molecule has 1 saturated carbocycles. The Morgan fingerprint density at radius 1 is 1.25 bits per heavy atom. The van der Waals surface area contributed by atoms with Crippen LogP contribution < -0.4 is 11.1 Å². The molecule has 0 saturated heterocycles. The van der Waals surface area contributed by atoms with Gasteiger partial charge in [-0.05, 0) is 25.7 Å². The fourth-order valence-electron chi connectivity index (χ4n) is 2.27. The third kappa shape index (κ3) is 3.62. The zero-order valence-electron chi connectivity index (χ0n) is 11.2. The molecule has 116 valence electrons. The predicted molar refractivity (Wildman–Crippen MR) is 64.8 cm³/mol. The van der Waals surface area contributed by atoms with E-state index in [2.05, 4.69) is 0 Å². The van der Waals surface area contributed by atoms with Gasteiger partial charge >= 0.3 is 12.1 Å². The Balaban J connectivity index is 2.80. The SMILES string of the molecule is CC(N)(C(=O)NC(C(=O)O)C1CCCCC1)C(F)(F)F. The lowest BCUT2D eigenvalue weighted by Gasteiger charge is -2.32. The highest BCUT2D eigenvalue weighted by Gasteiger charge is 2.54. The maximum absolute atomic E-state index is 12.6. The second kappa shape index (κ2) is 5.99. The molecule has 0 spiro atoms. The Kier molecular flexibility index (Phi) is 5.01. The van der Waals surface area contributed by atoms with Crippen molar-refractivity contribution in [2.24, 2.45) is 11.7 Å². The van der Waals surface area contributed by atoms with Crippen LogP contribution in [-0.4, -0.2) is 34.7 Å². The highest BCUT2D eigenvalue weighted by Crippen LogP contribution is 2.30. The highest BCUT2D eigenvalue weighted by molar-refractivity contribution is 5.90. The molecule has 2 unspecified atom stereocenters. The number of carbonyl (C=O) groups is 2. The summed E-state index contributed by atoms with van der Waals surface area (Å²) in [7, 11) is 0. The molecule has 1 aliphatic rings.